The van der Waals surface area contributed by atoms with Crippen LogP contribution in [0, 0.1) is 4.77 Å². The zero-order chi connectivity index (χ0) is 17.1. The van der Waals surface area contributed by atoms with E-state index in [-0.39, 0.29) is 29.6 Å². The number of hydrogen-bond donors (Lipinski definition) is 4. The van der Waals surface area contributed by atoms with Gasteiger partial charge in [0.1, 0.15) is 0 Å². The summed E-state index contributed by atoms with van der Waals surface area (Å²) in [6, 6.07) is 0. The van der Waals surface area contributed by atoms with E-state index in [1.54, 1.807) is 6.92 Å². The number of H-pyrrole nitrogens is 2. The minimum atomic E-state index is -1.05. The Labute approximate surface area is 130 Å². The highest BCUT2D eigenvalue weighted by Gasteiger charge is 2.04. The third-order valence-electron chi connectivity index (χ3n) is 2.09. The first-order valence-electron chi connectivity index (χ1n) is 6.16. The van der Waals surface area contributed by atoms with E-state index in [0.29, 0.717) is 6.61 Å². The summed E-state index contributed by atoms with van der Waals surface area (Å²) in [6.07, 6.45) is 0.804. The molecule has 0 unspecified atom stereocenters. The number of hydrogen-bond acceptors (Lipinski definition) is 6. The first-order chi connectivity index (χ1) is 10.3. The molecule has 0 atom stereocenters. The molecule has 0 fully saturated rings. The molecular formula is C12H16N2O7S. The van der Waals surface area contributed by atoms with Gasteiger partial charge in [0.2, 0.25) is 0 Å². The van der Waals surface area contributed by atoms with Crippen molar-refractivity contribution in [1.29, 1.82) is 0 Å². The van der Waals surface area contributed by atoms with E-state index in [1.807, 2.05) is 0 Å². The number of ether oxygens (including phenoxy) is 1. The van der Waals surface area contributed by atoms with Crippen LogP contribution >= 0.6 is 12.2 Å². The fourth-order valence-corrected chi connectivity index (χ4v) is 1.33. The number of esters is 1. The Bertz CT molecular complexity index is 635. The van der Waals surface area contributed by atoms with Crippen LogP contribution in [0.25, 0.3) is 0 Å². The summed E-state index contributed by atoms with van der Waals surface area (Å²) in [7, 11) is 0. The van der Waals surface area contributed by atoms with Gasteiger partial charge in [0, 0.05) is 11.8 Å². The molecule has 22 heavy (non-hydrogen) atoms. The lowest BCUT2D eigenvalue weighted by molar-refractivity contribution is -0.147. The standard InChI is InChI=1S/C6H6N2O3S.C6H10O4/c9-4(10)1-3-2-7-6(12)8-5(3)11;1-2-10-6(9)4-3-5(7)8/h2H,1H2,(H,9,10)(H2,7,8,11,12);2-4H2,1H3,(H,7,8). The van der Waals surface area contributed by atoms with E-state index >= 15 is 0 Å². The van der Waals surface area contributed by atoms with Gasteiger partial charge in [-0.15, -0.1) is 0 Å². The summed E-state index contributed by atoms with van der Waals surface area (Å²) in [4.78, 5) is 46.4. The number of rotatable bonds is 6. The van der Waals surface area contributed by atoms with E-state index in [1.165, 1.54) is 6.20 Å². The molecule has 4 N–H and O–H groups in total. The molecule has 122 valence electrons. The van der Waals surface area contributed by atoms with Crippen molar-refractivity contribution in [2.45, 2.75) is 26.2 Å². The average molecular weight is 332 g/mol. The molecule has 0 amide bonds. The van der Waals surface area contributed by atoms with Crippen molar-refractivity contribution in [1.82, 2.24) is 9.97 Å². The molecule has 0 saturated heterocycles. The van der Waals surface area contributed by atoms with Crippen molar-refractivity contribution >= 4 is 30.1 Å². The predicted octanol–water partition coefficient (Wildman–Crippen LogP) is 0.474. The Morgan fingerprint density at radius 2 is 1.86 bits per heavy atom. The topological polar surface area (TPSA) is 150 Å². The Morgan fingerprint density at radius 3 is 2.32 bits per heavy atom. The summed E-state index contributed by atoms with van der Waals surface area (Å²) in [5.74, 6) is -2.48. The smallest absolute Gasteiger partial charge is 0.308 e. The van der Waals surface area contributed by atoms with Gasteiger partial charge in [-0.05, 0) is 19.1 Å². The van der Waals surface area contributed by atoms with Crippen LogP contribution < -0.4 is 5.56 Å². The maximum Gasteiger partial charge on any atom is 0.308 e. The average Bonchev–Trinajstić information content (AvgIpc) is 2.40. The first-order valence-corrected chi connectivity index (χ1v) is 6.57. The SMILES string of the molecule is CCOC(=O)CCC(=O)O.O=C(O)Cc1c[nH]c(=S)[nH]c1=O. The second-order valence-electron chi connectivity index (χ2n) is 3.87. The Balaban J connectivity index is 0.000000409. The van der Waals surface area contributed by atoms with Crippen molar-refractivity contribution in [2.75, 3.05) is 6.61 Å². The number of aromatic nitrogens is 2. The van der Waals surface area contributed by atoms with Crippen LogP contribution in [0.5, 0.6) is 0 Å². The molecular weight excluding hydrogens is 316 g/mol. The Kier molecular flexibility index (Phi) is 9.11. The highest BCUT2D eigenvalue weighted by molar-refractivity contribution is 7.71. The van der Waals surface area contributed by atoms with Crippen LogP contribution in [0.2, 0.25) is 0 Å². The van der Waals surface area contributed by atoms with Gasteiger partial charge in [0.15, 0.2) is 4.77 Å². The fourth-order valence-electron chi connectivity index (χ4n) is 1.17. The third-order valence-corrected chi connectivity index (χ3v) is 2.31. The van der Waals surface area contributed by atoms with E-state index in [0.717, 1.165) is 0 Å². The first kappa shape index (κ1) is 19.5. The number of carbonyl (C=O) groups excluding carboxylic acids is 1. The number of carboxylic acids is 2. The molecule has 0 aliphatic heterocycles. The van der Waals surface area contributed by atoms with E-state index in [2.05, 4.69) is 26.9 Å². The number of carboxylic acid groups (broad SMARTS) is 2. The predicted molar refractivity (Wildman–Crippen MR) is 77.1 cm³/mol. The van der Waals surface area contributed by atoms with Gasteiger partial charge >= 0.3 is 17.9 Å². The minimum Gasteiger partial charge on any atom is -0.481 e. The second kappa shape index (κ2) is 10.3. The number of carbonyl (C=O) groups is 3. The number of aliphatic carboxylic acids is 2. The molecule has 0 saturated carbocycles. The van der Waals surface area contributed by atoms with Gasteiger partial charge in [-0.1, -0.05) is 0 Å². The normalized spacial score (nSPS) is 9.32. The zero-order valence-corrected chi connectivity index (χ0v) is 12.6. The van der Waals surface area contributed by atoms with Gasteiger partial charge in [0.25, 0.3) is 5.56 Å². The molecule has 0 aromatic carbocycles. The third kappa shape index (κ3) is 9.42. The molecule has 0 spiro atoms. The van der Waals surface area contributed by atoms with E-state index in [9.17, 15) is 19.2 Å². The summed E-state index contributed by atoms with van der Waals surface area (Å²) in [6.45, 7) is 1.98. The van der Waals surface area contributed by atoms with E-state index < -0.39 is 23.5 Å². The zero-order valence-electron chi connectivity index (χ0n) is 11.7. The Morgan fingerprint density at radius 1 is 1.23 bits per heavy atom. The molecule has 1 aromatic heterocycles. The highest BCUT2D eigenvalue weighted by atomic mass is 32.1. The maximum atomic E-state index is 11.0. The number of nitrogens with one attached hydrogen (secondary N) is 2. The van der Waals surface area contributed by atoms with Gasteiger partial charge in [0.05, 0.1) is 25.9 Å². The quantitative estimate of drug-likeness (QED) is 0.434. The molecule has 10 heteroatoms. The summed E-state index contributed by atoms with van der Waals surface area (Å²) < 4.78 is 4.68. The van der Waals surface area contributed by atoms with Crippen LogP contribution in [-0.4, -0.2) is 44.7 Å². The molecule has 0 radical (unpaired) electrons. The highest BCUT2D eigenvalue weighted by Crippen LogP contribution is 1.91. The van der Waals surface area contributed by atoms with Crippen LogP contribution in [0.4, 0.5) is 0 Å². The summed E-state index contributed by atoms with van der Waals surface area (Å²) in [5, 5.41) is 16.5. The van der Waals surface area contributed by atoms with Crippen molar-refractivity contribution in [3.05, 3.63) is 26.9 Å². The molecule has 1 heterocycles. The van der Waals surface area contributed by atoms with Crippen LogP contribution in [0.3, 0.4) is 0 Å². The lowest BCUT2D eigenvalue weighted by Crippen LogP contribution is -2.16. The largest absolute Gasteiger partial charge is 0.481 e. The van der Waals surface area contributed by atoms with Crippen molar-refractivity contribution in [3.8, 4) is 0 Å². The fraction of sp³-hybridized carbons (Fsp3) is 0.417. The van der Waals surface area contributed by atoms with Crippen LogP contribution in [0.1, 0.15) is 25.3 Å². The van der Waals surface area contributed by atoms with E-state index in [4.69, 9.17) is 10.2 Å². The molecule has 0 aliphatic rings. The summed E-state index contributed by atoms with van der Waals surface area (Å²) >= 11 is 4.61. The molecule has 9 nitrogen and oxygen atoms in total. The maximum absolute atomic E-state index is 11.0. The Hall–Kier alpha value is -2.49. The lowest BCUT2D eigenvalue weighted by atomic mass is 10.2. The molecule has 0 bridgehead atoms. The van der Waals surface area contributed by atoms with Gasteiger partial charge in [-0.2, -0.15) is 0 Å². The van der Waals surface area contributed by atoms with Gasteiger partial charge in [-0.3, -0.25) is 24.2 Å². The summed E-state index contributed by atoms with van der Waals surface area (Å²) in [5.41, 5.74) is -0.294. The van der Waals surface area contributed by atoms with Crippen molar-refractivity contribution in [3.63, 3.8) is 0 Å². The minimum absolute atomic E-state index is 0.0385. The monoisotopic (exact) mass is 332 g/mol. The molecule has 0 aliphatic carbocycles. The molecule has 1 aromatic rings. The number of aromatic amines is 2. The molecule has 1 rings (SSSR count). The van der Waals surface area contributed by atoms with Crippen LogP contribution in [0.15, 0.2) is 11.0 Å². The van der Waals surface area contributed by atoms with Crippen molar-refractivity contribution < 1.29 is 29.3 Å². The van der Waals surface area contributed by atoms with Gasteiger partial charge in [-0.25, -0.2) is 0 Å². The second-order valence-corrected chi connectivity index (χ2v) is 4.27. The van der Waals surface area contributed by atoms with Crippen LogP contribution in [-0.2, 0) is 25.5 Å². The van der Waals surface area contributed by atoms with Gasteiger partial charge < -0.3 is 19.9 Å². The lowest BCUT2D eigenvalue weighted by Gasteiger charge is -1.97. The van der Waals surface area contributed by atoms with Crippen molar-refractivity contribution in [2.24, 2.45) is 0 Å².